The Morgan fingerprint density at radius 1 is 0.771 bits per heavy atom. The van der Waals surface area contributed by atoms with Gasteiger partial charge in [0.15, 0.2) is 0 Å². The quantitative estimate of drug-likeness (QED) is 0.313. The van der Waals surface area contributed by atoms with Gasteiger partial charge in [0.1, 0.15) is 5.60 Å². The summed E-state index contributed by atoms with van der Waals surface area (Å²) in [6, 6.07) is 37.9. The van der Waals surface area contributed by atoms with E-state index in [2.05, 4.69) is 36.4 Å². The number of ether oxygens (including phenoxy) is 2. The fraction of sp³-hybridized carbons (Fsp3) is 0.194. The first kappa shape index (κ1) is 23.0. The fourth-order valence-corrected chi connectivity index (χ4v) is 5.16. The van der Waals surface area contributed by atoms with Crippen molar-refractivity contribution in [3.63, 3.8) is 0 Å². The van der Waals surface area contributed by atoms with E-state index in [1.54, 1.807) is 12.1 Å². The maximum absolute atomic E-state index is 11.9. The van der Waals surface area contributed by atoms with Gasteiger partial charge < -0.3 is 14.6 Å². The van der Waals surface area contributed by atoms with Gasteiger partial charge in [0.05, 0.1) is 18.3 Å². The van der Waals surface area contributed by atoms with Crippen LogP contribution in [0.25, 0.3) is 0 Å². The predicted octanol–water partition coefficient (Wildman–Crippen LogP) is 6.27. The molecule has 0 amide bonds. The van der Waals surface area contributed by atoms with Gasteiger partial charge in [-0.05, 0) is 34.7 Å². The van der Waals surface area contributed by atoms with E-state index in [1.165, 1.54) is 0 Å². The van der Waals surface area contributed by atoms with Gasteiger partial charge in [0, 0.05) is 12.5 Å². The molecule has 2 atom stereocenters. The second kappa shape index (κ2) is 10.3. The zero-order chi connectivity index (χ0) is 24.1. The number of rotatable bonds is 8. The van der Waals surface area contributed by atoms with Crippen molar-refractivity contribution in [3.05, 3.63) is 143 Å². The monoisotopic (exact) mass is 464 g/mol. The van der Waals surface area contributed by atoms with E-state index in [0.717, 1.165) is 28.7 Å². The summed E-state index contributed by atoms with van der Waals surface area (Å²) in [4.78, 5) is 11.9. The Morgan fingerprint density at radius 2 is 1.26 bits per heavy atom. The molecule has 1 aliphatic heterocycles. The molecule has 4 aromatic carbocycles. The zero-order valence-electron chi connectivity index (χ0n) is 19.4. The molecule has 0 radical (unpaired) electrons. The van der Waals surface area contributed by atoms with Crippen LogP contribution in [0.3, 0.4) is 0 Å². The van der Waals surface area contributed by atoms with Gasteiger partial charge in [0.25, 0.3) is 0 Å². The average molecular weight is 465 g/mol. The molecule has 1 saturated heterocycles. The maximum Gasteiger partial charge on any atom is 0.335 e. The molecule has 35 heavy (non-hydrogen) atoms. The summed E-state index contributed by atoms with van der Waals surface area (Å²) in [5.41, 5.74) is 3.37. The van der Waals surface area contributed by atoms with Gasteiger partial charge in [-0.25, -0.2) is 4.79 Å². The Balaban J connectivity index is 1.56. The Kier molecular flexibility index (Phi) is 6.75. The lowest BCUT2D eigenvalue weighted by molar-refractivity contribution is -0.0494. The fourth-order valence-electron chi connectivity index (χ4n) is 5.16. The van der Waals surface area contributed by atoms with Crippen molar-refractivity contribution in [2.24, 2.45) is 0 Å². The number of carbonyl (C=O) groups is 1. The molecule has 0 aliphatic carbocycles. The van der Waals surface area contributed by atoms with Crippen LogP contribution in [0.5, 0.6) is 0 Å². The molecule has 0 spiro atoms. The third-order valence-corrected chi connectivity index (χ3v) is 6.81. The lowest BCUT2D eigenvalue weighted by Gasteiger charge is -2.37. The van der Waals surface area contributed by atoms with E-state index in [9.17, 15) is 9.90 Å². The van der Waals surface area contributed by atoms with Crippen LogP contribution in [-0.2, 0) is 15.1 Å². The smallest absolute Gasteiger partial charge is 0.335 e. The van der Waals surface area contributed by atoms with E-state index >= 15 is 0 Å². The van der Waals surface area contributed by atoms with Gasteiger partial charge in [-0.3, -0.25) is 0 Å². The molecule has 1 N–H and O–H groups in total. The molecule has 0 saturated carbocycles. The number of carboxylic acid groups (broad SMARTS) is 1. The highest BCUT2D eigenvalue weighted by Gasteiger charge is 2.40. The number of benzene rings is 4. The van der Waals surface area contributed by atoms with Crippen LogP contribution >= 0.6 is 0 Å². The predicted molar refractivity (Wildman–Crippen MR) is 136 cm³/mol. The molecule has 0 aromatic heterocycles. The summed E-state index contributed by atoms with van der Waals surface area (Å²) in [5.74, 6) is -0.971. The lowest BCUT2D eigenvalue weighted by atomic mass is 9.80. The van der Waals surface area contributed by atoms with E-state index in [4.69, 9.17) is 9.47 Å². The molecule has 4 nitrogen and oxygen atoms in total. The van der Waals surface area contributed by atoms with Crippen molar-refractivity contribution in [2.45, 2.75) is 24.0 Å². The van der Waals surface area contributed by atoms with E-state index in [0.29, 0.717) is 18.8 Å². The maximum atomic E-state index is 11.9. The minimum Gasteiger partial charge on any atom is -0.478 e. The first-order valence-electron chi connectivity index (χ1n) is 11.9. The lowest BCUT2D eigenvalue weighted by Crippen LogP contribution is -2.36. The second-order valence-corrected chi connectivity index (χ2v) is 8.79. The molecule has 0 bridgehead atoms. The number of hydrogen-bond acceptors (Lipinski definition) is 3. The molecule has 4 aromatic rings. The molecule has 2 unspecified atom stereocenters. The van der Waals surface area contributed by atoms with Crippen molar-refractivity contribution in [2.75, 3.05) is 13.2 Å². The molecule has 1 heterocycles. The SMILES string of the molecule is O=C(O)c1ccccc1C1CCOC1COC(c1ccccc1)(c1ccccc1)c1ccccc1. The molecule has 1 aliphatic rings. The van der Waals surface area contributed by atoms with Crippen molar-refractivity contribution in [1.82, 2.24) is 0 Å². The second-order valence-electron chi connectivity index (χ2n) is 8.79. The van der Waals surface area contributed by atoms with Crippen molar-refractivity contribution >= 4 is 5.97 Å². The van der Waals surface area contributed by atoms with Crippen molar-refractivity contribution in [3.8, 4) is 0 Å². The largest absolute Gasteiger partial charge is 0.478 e. The van der Waals surface area contributed by atoms with Crippen LogP contribution in [0.2, 0.25) is 0 Å². The highest BCUT2D eigenvalue weighted by atomic mass is 16.5. The molecule has 176 valence electrons. The normalized spacial score (nSPS) is 17.8. The van der Waals surface area contributed by atoms with Gasteiger partial charge >= 0.3 is 5.97 Å². The third kappa shape index (κ3) is 4.51. The Labute approximate surface area is 205 Å². The number of aromatic carboxylic acids is 1. The van der Waals surface area contributed by atoms with Crippen molar-refractivity contribution in [1.29, 1.82) is 0 Å². The highest BCUT2D eigenvalue weighted by Crippen LogP contribution is 2.42. The zero-order valence-corrected chi connectivity index (χ0v) is 19.4. The Bertz CT molecular complexity index is 1160. The Morgan fingerprint density at radius 3 is 1.77 bits per heavy atom. The Hall–Kier alpha value is -3.73. The van der Waals surface area contributed by atoms with Crippen LogP contribution in [0.15, 0.2) is 115 Å². The number of hydrogen-bond donors (Lipinski definition) is 1. The van der Waals surface area contributed by atoms with Crippen LogP contribution in [0, 0.1) is 0 Å². The van der Waals surface area contributed by atoms with Crippen LogP contribution < -0.4 is 0 Å². The van der Waals surface area contributed by atoms with Crippen LogP contribution in [0.4, 0.5) is 0 Å². The van der Waals surface area contributed by atoms with Gasteiger partial charge in [-0.15, -0.1) is 0 Å². The topological polar surface area (TPSA) is 55.8 Å². The van der Waals surface area contributed by atoms with Crippen LogP contribution in [-0.4, -0.2) is 30.4 Å². The summed E-state index contributed by atoms with van der Waals surface area (Å²) in [6.45, 7) is 0.888. The average Bonchev–Trinajstić information content (AvgIpc) is 3.39. The minimum absolute atomic E-state index is 0.0534. The summed E-state index contributed by atoms with van der Waals surface area (Å²) in [7, 11) is 0. The molecular formula is C31H28O4. The van der Waals surface area contributed by atoms with Gasteiger partial charge in [0.2, 0.25) is 0 Å². The molecule has 5 rings (SSSR count). The first-order valence-corrected chi connectivity index (χ1v) is 11.9. The van der Waals surface area contributed by atoms with Gasteiger partial charge in [-0.2, -0.15) is 0 Å². The molecule has 1 fully saturated rings. The minimum atomic E-state index is -0.917. The molecule has 4 heteroatoms. The number of carboxylic acids is 1. The first-order chi connectivity index (χ1) is 17.2. The van der Waals surface area contributed by atoms with E-state index < -0.39 is 11.6 Å². The standard InChI is InChI=1S/C31H28O4/c32-30(33)28-19-11-10-18-26(28)27-20-21-34-29(27)22-35-31(23-12-4-1-5-13-23,24-14-6-2-7-15-24)25-16-8-3-9-17-25/h1-19,27,29H,20-22H2,(H,32,33). The molecular weight excluding hydrogens is 436 g/mol. The van der Waals surface area contributed by atoms with E-state index in [1.807, 2.05) is 66.7 Å². The van der Waals surface area contributed by atoms with Crippen molar-refractivity contribution < 1.29 is 19.4 Å². The highest BCUT2D eigenvalue weighted by molar-refractivity contribution is 5.89. The van der Waals surface area contributed by atoms with Crippen LogP contribution in [0.1, 0.15) is 45.0 Å². The summed E-state index contributed by atoms with van der Waals surface area (Å²) in [6.07, 6.45) is 0.499. The van der Waals surface area contributed by atoms with E-state index in [-0.39, 0.29) is 12.0 Å². The summed E-state index contributed by atoms with van der Waals surface area (Å²) >= 11 is 0. The summed E-state index contributed by atoms with van der Waals surface area (Å²) in [5, 5.41) is 9.75. The summed E-state index contributed by atoms with van der Waals surface area (Å²) < 4.78 is 13.1. The van der Waals surface area contributed by atoms with Gasteiger partial charge in [-0.1, -0.05) is 109 Å². The third-order valence-electron chi connectivity index (χ3n) is 6.81.